The van der Waals surface area contributed by atoms with Gasteiger partial charge in [0.25, 0.3) is 0 Å². The first kappa shape index (κ1) is 24.6. The molecular formula is C23H25ClO10. The molecule has 4 unspecified atom stereocenters. The number of halogens is 1. The van der Waals surface area contributed by atoms with E-state index < -0.39 is 54.8 Å². The molecule has 3 heterocycles. The highest BCUT2D eigenvalue weighted by molar-refractivity contribution is 6.33. The van der Waals surface area contributed by atoms with Gasteiger partial charge in [0.05, 0.1) is 17.7 Å². The number of cyclic esters (lactones) is 1. The number of aliphatic hydroxyl groups excluding tert-OH is 3. The molecular weight excluding hydrogens is 472 g/mol. The van der Waals surface area contributed by atoms with E-state index in [2.05, 4.69) is 0 Å². The molecule has 0 bridgehead atoms. The Balaban J connectivity index is 1.68. The number of ether oxygens (including phenoxy) is 4. The van der Waals surface area contributed by atoms with Gasteiger partial charge < -0.3 is 39.4 Å². The van der Waals surface area contributed by atoms with Crippen molar-refractivity contribution in [1.82, 2.24) is 0 Å². The van der Waals surface area contributed by atoms with Gasteiger partial charge in [0.2, 0.25) is 6.29 Å². The Morgan fingerprint density at radius 2 is 1.94 bits per heavy atom. The number of hydrogen-bond donors (Lipinski definition) is 4. The van der Waals surface area contributed by atoms with Crippen LogP contribution >= 0.6 is 11.6 Å². The average Bonchev–Trinajstić information content (AvgIpc) is 3.46. The molecule has 0 spiro atoms. The number of carbonyl (C=O) groups excluding carboxylic acids is 2. The van der Waals surface area contributed by atoms with Crippen LogP contribution in [0, 0.1) is 0 Å². The van der Waals surface area contributed by atoms with E-state index >= 15 is 0 Å². The lowest BCUT2D eigenvalue weighted by molar-refractivity contribution is -0.116. The Morgan fingerprint density at radius 1 is 1.18 bits per heavy atom. The molecule has 2 fully saturated rings. The highest BCUT2D eigenvalue weighted by atomic mass is 35.5. The first-order valence-corrected chi connectivity index (χ1v) is 11.1. The van der Waals surface area contributed by atoms with Crippen molar-refractivity contribution in [2.45, 2.75) is 62.7 Å². The van der Waals surface area contributed by atoms with Crippen LogP contribution < -0.4 is 4.74 Å². The van der Waals surface area contributed by atoms with Crippen molar-refractivity contribution in [1.29, 1.82) is 0 Å². The molecule has 3 aliphatic heterocycles. The maximum absolute atomic E-state index is 12.9. The molecule has 10 nitrogen and oxygen atoms in total. The second-order valence-corrected chi connectivity index (χ2v) is 8.74. The molecule has 4 N–H and O–H groups in total. The van der Waals surface area contributed by atoms with Crippen LogP contribution in [0.3, 0.4) is 0 Å². The van der Waals surface area contributed by atoms with Crippen molar-refractivity contribution in [3.05, 3.63) is 46.5 Å². The van der Waals surface area contributed by atoms with E-state index in [0.29, 0.717) is 6.42 Å². The number of rotatable bonds is 3. The van der Waals surface area contributed by atoms with Gasteiger partial charge in [0.1, 0.15) is 47.6 Å². The fraction of sp³-hybridized carbons (Fsp3) is 0.478. The van der Waals surface area contributed by atoms with Gasteiger partial charge in [-0.2, -0.15) is 0 Å². The summed E-state index contributed by atoms with van der Waals surface area (Å²) in [5, 5.41) is 39.8. The third-order valence-electron chi connectivity index (χ3n) is 5.79. The molecule has 1 aromatic rings. The summed E-state index contributed by atoms with van der Waals surface area (Å²) in [6, 6.07) is 1.04. The van der Waals surface area contributed by atoms with Crippen LogP contribution in [0.15, 0.2) is 30.4 Å². The lowest BCUT2D eigenvalue weighted by Crippen LogP contribution is -2.35. The van der Waals surface area contributed by atoms with Gasteiger partial charge in [-0.25, -0.2) is 4.79 Å². The average molecular weight is 497 g/mol. The van der Waals surface area contributed by atoms with Crippen molar-refractivity contribution in [3.63, 3.8) is 0 Å². The van der Waals surface area contributed by atoms with E-state index in [9.17, 15) is 30.0 Å². The summed E-state index contributed by atoms with van der Waals surface area (Å²) in [6.45, 7) is 1.13. The quantitative estimate of drug-likeness (QED) is 0.349. The van der Waals surface area contributed by atoms with E-state index in [1.807, 2.05) is 0 Å². The van der Waals surface area contributed by atoms with Gasteiger partial charge in [-0.05, 0) is 13.0 Å². The molecule has 0 amide bonds. The number of fused-ring (bicyclic) bond motifs is 2. The van der Waals surface area contributed by atoms with Crippen LogP contribution in [0.4, 0.5) is 0 Å². The maximum atomic E-state index is 12.9. The monoisotopic (exact) mass is 496 g/mol. The first-order chi connectivity index (χ1) is 16.2. The summed E-state index contributed by atoms with van der Waals surface area (Å²) >= 11 is 6.48. The molecule has 1 aromatic carbocycles. The third-order valence-corrected chi connectivity index (χ3v) is 6.21. The normalized spacial score (nSPS) is 35.5. The van der Waals surface area contributed by atoms with Gasteiger partial charge in [0, 0.05) is 24.5 Å². The van der Waals surface area contributed by atoms with Gasteiger partial charge >= 0.3 is 5.97 Å². The number of ketones is 1. The maximum Gasteiger partial charge on any atom is 0.342 e. The standard InChI is InChI=1S/C23H25ClO10/c1-10-6-15-14(32-15)5-3-2-4-11(26)7-12-18(22(30)31-10)13(27)8-16(19(12)24)33-23-21(29)20(28)17(9-25)34-23/h2-5,8,10,14-15,17,20-21,23,25,27-29H,6-7,9H2,1H3/b4-2+,5-3-/t10-,14+,15-,17?,20?,21?,23?/m1/s1. The van der Waals surface area contributed by atoms with Crippen LogP contribution in [0.1, 0.15) is 29.3 Å². The fourth-order valence-electron chi connectivity index (χ4n) is 3.94. The molecule has 7 atom stereocenters. The van der Waals surface area contributed by atoms with E-state index in [-0.39, 0.29) is 40.5 Å². The van der Waals surface area contributed by atoms with Crippen LogP contribution in [0.25, 0.3) is 0 Å². The number of hydrogen-bond acceptors (Lipinski definition) is 10. The lowest BCUT2D eigenvalue weighted by Gasteiger charge is -2.21. The zero-order valence-corrected chi connectivity index (χ0v) is 18.9. The minimum Gasteiger partial charge on any atom is -0.507 e. The summed E-state index contributed by atoms with van der Waals surface area (Å²) < 4.78 is 21.8. The summed E-state index contributed by atoms with van der Waals surface area (Å²) in [5.41, 5.74) is -0.315. The molecule has 0 radical (unpaired) electrons. The number of carbonyl (C=O) groups is 2. The van der Waals surface area contributed by atoms with Gasteiger partial charge in [-0.3, -0.25) is 4.79 Å². The highest BCUT2D eigenvalue weighted by Crippen LogP contribution is 2.40. The van der Waals surface area contributed by atoms with Crippen molar-refractivity contribution in [2.24, 2.45) is 0 Å². The van der Waals surface area contributed by atoms with Crippen molar-refractivity contribution in [3.8, 4) is 11.5 Å². The van der Waals surface area contributed by atoms with E-state index in [0.717, 1.165) is 6.07 Å². The molecule has 11 heteroatoms. The highest BCUT2D eigenvalue weighted by Gasteiger charge is 2.44. The zero-order valence-electron chi connectivity index (χ0n) is 18.2. The minimum atomic E-state index is -1.51. The summed E-state index contributed by atoms with van der Waals surface area (Å²) in [4.78, 5) is 25.5. The molecule has 2 saturated heterocycles. The smallest absolute Gasteiger partial charge is 0.342 e. The Labute approximate surface area is 199 Å². The van der Waals surface area contributed by atoms with Crippen LogP contribution in [0.5, 0.6) is 11.5 Å². The largest absolute Gasteiger partial charge is 0.507 e. The molecule has 3 aliphatic rings. The number of aromatic hydroxyl groups is 1. The Kier molecular flexibility index (Phi) is 7.27. The van der Waals surface area contributed by atoms with Crippen molar-refractivity contribution in [2.75, 3.05) is 6.61 Å². The van der Waals surface area contributed by atoms with Gasteiger partial charge in [0.15, 0.2) is 5.78 Å². The summed E-state index contributed by atoms with van der Waals surface area (Å²) in [7, 11) is 0. The Bertz CT molecular complexity index is 1020. The van der Waals surface area contributed by atoms with Gasteiger partial charge in [-0.15, -0.1) is 0 Å². The van der Waals surface area contributed by atoms with Crippen LogP contribution in [-0.2, 0) is 25.4 Å². The number of phenols is 1. The predicted molar refractivity (Wildman–Crippen MR) is 117 cm³/mol. The van der Waals surface area contributed by atoms with E-state index in [4.69, 9.17) is 30.5 Å². The summed E-state index contributed by atoms with van der Waals surface area (Å²) in [6.07, 6.45) is 0.217. The lowest BCUT2D eigenvalue weighted by atomic mass is 9.99. The number of epoxide rings is 1. The predicted octanol–water partition coefficient (Wildman–Crippen LogP) is 0.804. The Hall–Kier alpha value is -2.47. The molecule has 0 aromatic heterocycles. The molecule has 4 rings (SSSR count). The molecule has 0 saturated carbocycles. The number of aliphatic hydroxyl groups is 3. The van der Waals surface area contributed by atoms with Crippen LogP contribution in [0.2, 0.25) is 5.02 Å². The molecule has 34 heavy (non-hydrogen) atoms. The van der Waals surface area contributed by atoms with E-state index in [1.165, 1.54) is 6.08 Å². The second kappa shape index (κ2) is 10.0. The third kappa shape index (κ3) is 5.12. The molecule has 0 aliphatic carbocycles. The number of phenolic OH excluding ortho intramolecular Hbond substituents is 1. The second-order valence-electron chi connectivity index (χ2n) is 8.36. The Morgan fingerprint density at radius 3 is 2.65 bits per heavy atom. The van der Waals surface area contributed by atoms with Gasteiger partial charge in [-0.1, -0.05) is 29.8 Å². The number of esters is 1. The van der Waals surface area contributed by atoms with Crippen molar-refractivity contribution < 1.29 is 49.0 Å². The minimum absolute atomic E-state index is 0.0307. The zero-order chi connectivity index (χ0) is 24.6. The van der Waals surface area contributed by atoms with Crippen molar-refractivity contribution >= 4 is 23.4 Å². The van der Waals surface area contributed by atoms with E-state index in [1.54, 1.807) is 25.2 Å². The summed E-state index contributed by atoms with van der Waals surface area (Å²) in [5.74, 6) is -2.03. The number of benzene rings is 1. The topological polar surface area (TPSA) is 155 Å². The van der Waals surface area contributed by atoms with Crippen LogP contribution in [-0.4, -0.2) is 81.7 Å². The fourth-order valence-corrected chi connectivity index (χ4v) is 4.20. The molecule has 184 valence electrons. The first-order valence-electron chi connectivity index (χ1n) is 10.8. The SMILES string of the molecule is C[C@@H]1C[C@H]2O[C@H]2/C=C\C=C\C(=O)Cc2c(Cl)c(OC3OC(CO)C(O)C3O)cc(O)c2C(=O)O1. The number of allylic oxidation sites excluding steroid dienone is 3.